The van der Waals surface area contributed by atoms with Gasteiger partial charge >= 0.3 is 17.9 Å². The Morgan fingerprint density at radius 3 is 0.844 bits per heavy atom. The molecule has 0 aliphatic carbocycles. The first-order valence-electron chi connectivity index (χ1n) is 31.3. The lowest BCUT2D eigenvalue weighted by Crippen LogP contribution is -2.30. The second kappa shape index (κ2) is 63.8. The van der Waals surface area contributed by atoms with E-state index in [0.29, 0.717) is 19.3 Å². The lowest BCUT2D eigenvalue weighted by molar-refractivity contribution is -0.166. The van der Waals surface area contributed by atoms with Crippen molar-refractivity contribution in [2.24, 2.45) is 0 Å². The van der Waals surface area contributed by atoms with Crippen molar-refractivity contribution in [3.8, 4) is 0 Å². The van der Waals surface area contributed by atoms with Crippen LogP contribution in [-0.2, 0) is 28.6 Å². The van der Waals surface area contributed by atoms with Crippen LogP contribution < -0.4 is 0 Å². The molecular formula is C71H114O6. The topological polar surface area (TPSA) is 78.9 Å². The van der Waals surface area contributed by atoms with Gasteiger partial charge in [0.25, 0.3) is 0 Å². The predicted octanol–water partition coefficient (Wildman–Crippen LogP) is 21.5. The number of unbranched alkanes of at least 4 members (excludes halogenated alkanes) is 20. The standard InChI is InChI=1S/C71H114O6/c1-4-7-10-13-16-19-22-25-28-31-34-35-38-40-43-46-49-52-55-58-61-64-70(73)76-67-68(77-71(74)65-62-59-56-53-50-47-44-41-37-33-30-27-24-21-18-15-12-9-6-3)66-75-69(72)63-60-57-54-51-48-45-42-39-36-32-29-26-23-20-17-14-11-8-5-2/h7,9-10,12,16-21,25-30,34-35,37,41,47,50,56,59,68H,4-6,8,11,13-15,22-24,31-33,36,38-40,42-46,48-49,51-55,57-58,60-67H2,1-3H3/b10-7-,12-9-,19-16-,20-17-,21-18-,28-25-,29-26-,30-27-,35-34-,41-37-,50-47-,59-56-. The molecule has 0 aromatic carbocycles. The number of hydrogen-bond acceptors (Lipinski definition) is 6. The van der Waals surface area contributed by atoms with Crippen molar-refractivity contribution >= 4 is 17.9 Å². The van der Waals surface area contributed by atoms with Gasteiger partial charge in [0.2, 0.25) is 0 Å². The molecule has 77 heavy (non-hydrogen) atoms. The predicted molar refractivity (Wildman–Crippen MR) is 334 cm³/mol. The maximum Gasteiger partial charge on any atom is 0.306 e. The lowest BCUT2D eigenvalue weighted by atomic mass is 10.1. The maximum atomic E-state index is 12.9. The second-order valence-corrected chi connectivity index (χ2v) is 20.2. The van der Waals surface area contributed by atoms with Crippen LogP contribution in [0.1, 0.15) is 265 Å². The molecule has 0 fully saturated rings. The van der Waals surface area contributed by atoms with Crippen molar-refractivity contribution in [2.75, 3.05) is 13.2 Å². The van der Waals surface area contributed by atoms with Crippen LogP contribution >= 0.6 is 0 Å². The average molecular weight is 1060 g/mol. The Morgan fingerprint density at radius 2 is 0.532 bits per heavy atom. The Labute approximate surface area is 474 Å². The highest BCUT2D eigenvalue weighted by Crippen LogP contribution is 2.15. The van der Waals surface area contributed by atoms with Gasteiger partial charge in [0, 0.05) is 19.3 Å². The molecule has 0 aliphatic heterocycles. The summed E-state index contributed by atoms with van der Waals surface area (Å²) < 4.78 is 16.8. The third-order valence-corrected chi connectivity index (χ3v) is 12.8. The highest BCUT2D eigenvalue weighted by atomic mass is 16.6. The summed E-state index contributed by atoms with van der Waals surface area (Å²) in [7, 11) is 0. The first-order valence-corrected chi connectivity index (χ1v) is 31.3. The Balaban J connectivity index is 4.53. The van der Waals surface area contributed by atoms with Crippen molar-refractivity contribution in [1.82, 2.24) is 0 Å². The number of rotatable bonds is 55. The number of ether oxygens (including phenoxy) is 3. The van der Waals surface area contributed by atoms with E-state index >= 15 is 0 Å². The number of esters is 3. The van der Waals surface area contributed by atoms with Gasteiger partial charge in [-0.15, -0.1) is 0 Å². The first kappa shape index (κ1) is 72.3. The fourth-order valence-electron chi connectivity index (χ4n) is 8.20. The van der Waals surface area contributed by atoms with E-state index in [-0.39, 0.29) is 31.6 Å². The summed E-state index contributed by atoms with van der Waals surface area (Å²) in [5.41, 5.74) is 0. The van der Waals surface area contributed by atoms with Gasteiger partial charge in [0.15, 0.2) is 6.10 Å². The number of hydrogen-bond donors (Lipinski definition) is 0. The van der Waals surface area contributed by atoms with Crippen molar-refractivity contribution in [2.45, 2.75) is 271 Å². The Bertz CT molecular complexity index is 1700. The summed E-state index contributed by atoms with van der Waals surface area (Å²) in [5.74, 6) is -1.02. The highest BCUT2D eigenvalue weighted by molar-refractivity contribution is 5.71. The van der Waals surface area contributed by atoms with Gasteiger partial charge in [-0.25, -0.2) is 0 Å². The quantitative estimate of drug-likeness (QED) is 0.0261. The molecule has 0 amide bonds. The first-order chi connectivity index (χ1) is 38.0. The minimum absolute atomic E-state index is 0.118. The fourth-order valence-corrected chi connectivity index (χ4v) is 8.20. The van der Waals surface area contributed by atoms with Crippen molar-refractivity contribution in [3.05, 3.63) is 146 Å². The number of allylic oxidation sites excluding steroid dienone is 24. The summed E-state index contributed by atoms with van der Waals surface area (Å²) >= 11 is 0. The Hall–Kier alpha value is -4.71. The third-order valence-electron chi connectivity index (χ3n) is 12.8. The largest absolute Gasteiger partial charge is 0.462 e. The minimum Gasteiger partial charge on any atom is -0.462 e. The molecule has 0 aliphatic rings. The van der Waals surface area contributed by atoms with Crippen LogP contribution in [0.25, 0.3) is 0 Å². The molecule has 0 rings (SSSR count). The van der Waals surface area contributed by atoms with Gasteiger partial charge in [0.1, 0.15) is 13.2 Å². The molecule has 0 bridgehead atoms. The van der Waals surface area contributed by atoms with Crippen LogP contribution in [0.3, 0.4) is 0 Å². The fraction of sp³-hybridized carbons (Fsp3) is 0.620. The van der Waals surface area contributed by atoms with Crippen molar-refractivity contribution in [3.63, 3.8) is 0 Å². The number of carbonyl (C=O) groups excluding carboxylic acids is 3. The highest BCUT2D eigenvalue weighted by Gasteiger charge is 2.19. The maximum absolute atomic E-state index is 12.9. The molecule has 0 heterocycles. The molecule has 0 N–H and O–H groups in total. The van der Waals surface area contributed by atoms with Crippen LogP contribution in [0.2, 0.25) is 0 Å². The molecule has 0 aromatic heterocycles. The van der Waals surface area contributed by atoms with Gasteiger partial charge in [-0.3, -0.25) is 14.4 Å². The monoisotopic (exact) mass is 1060 g/mol. The molecule has 434 valence electrons. The smallest absolute Gasteiger partial charge is 0.306 e. The molecule has 1 atom stereocenters. The molecule has 0 radical (unpaired) electrons. The molecule has 0 spiro atoms. The summed E-state index contributed by atoms with van der Waals surface area (Å²) in [6, 6.07) is 0. The molecule has 6 heteroatoms. The van der Waals surface area contributed by atoms with Crippen LogP contribution in [0.5, 0.6) is 0 Å². The van der Waals surface area contributed by atoms with Crippen LogP contribution in [0, 0.1) is 0 Å². The minimum atomic E-state index is -0.832. The van der Waals surface area contributed by atoms with Gasteiger partial charge < -0.3 is 14.2 Å². The van der Waals surface area contributed by atoms with E-state index in [4.69, 9.17) is 14.2 Å². The zero-order chi connectivity index (χ0) is 55.7. The average Bonchev–Trinajstić information content (AvgIpc) is 3.43. The molecule has 0 aromatic rings. The lowest BCUT2D eigenvalue weighted by Gasteiger charge is -2.18. The zero-order valence-corrected chi connectivity index (χ0v) is 49.7. The van der Waals surface area contributed by atoms with E-state index < -0.39 is 12.1 Å². The van der Waals surface area contributed by atoms with Gasteiger partial charge in [0.05, 0.1) is 0 Å². The van der Waals surface area contributed by atoms with E-state index in [1.165, 1.54) is 103 Å². The van der Waals surface area contributed by atoms with E-state index in [2.05, 4.69) is 161 Å². The molecule has 0 saturated heterocycles. The van der Waals surface area contributed by atoms with Crippen LogP contribution in [0.15, 0.2) is 146 Å². The molecule has 1 unspecified atom stereocenters. The van der Waals surface area contributed by atoms with E-state index in [9.17, 15) is 14.4 Å². The molecule has 6 nitrogen and oxygen atoms in total. The summed E-state index contributed by atoms with van der Waals surface area (Å²) in [6.07, 6.45) is 91.4. The Morgan fingerprint density at radius 1 is 0.273 bits per heavy atom. The van der Waals surface area contributed by atoms with Gasteiger partial charge in [-0.05, 0) is 128 Å². The molecule has 0 saturated carbocycles. The SMILES string of the molecule is CC/C=C\C/C=C\C/C=C\C/C=C\C/C=C\C/C=C\CCC(=O)OC(COC(=O)CCCCCCCCCC/C=C\C/C=C\C/C=C\C/C=C\CC)COC(=O)CCCCCCCCCCC/C=C\C/C=C\CCCCC. The number of carbonyl (C=O) groups is 3. The zero-order valence-electron chi connectivity index (χ0n) is 49.7. The van der Waals surface area contributed by atoms with E-state index in [0.717, 1.165) is 116 Å². The Kier molecular flexibility index (Phi) is 59.9. The second-order valence-electron chi connectivity index (χ2n) is 20.2. The normalized spacial score (nSPS) is 13.1. The third kappa shape index (κ3) is 62.0. The summed E-state index contributed by atoms with van der Waals surface area (Å²) in [5, 5.41) is 0. The van der Waals surface area contributed by atoms with Crippen molar-refractivity contribution < 1.29 is 28.6 Å². The van der Waals surface area contributed by atoms with Crippen LogP contribution in [0.4, 0.5) is 0 Å². The molecular weight excluding hydrogens is 949 g/mol. The van der Waals surface area contributed by atoms with Crippen LogP contribution in [-0.4, -0.2) is 37.2 Å². The summed E-state index contributed by atoms with van der Waals surface area (Å²) in [4.78, 5) is 38.3. The van der Waals surface area contributed by atoms with Crippen molar-refractivity contribution in [1.29, 1.82) is 0 Å². The van der Waals surface area contributed by atoms with Gasteiger partial charge in [-0.2, -0.15) is 0 Å². The van der Waals surface area contributed by atoms with E-state index in [1.54, 1.807) is 0 Å². The van der Waals surface area contributed by atoms with Gasteiger partial charge in [-0.1, -0.05) is 263 Å². The summed E-state index contributed by atoms with van der Waals surface area (Å²) in [6.45, 7) is 6.32. The van der Waals surface area contributed by atoms with E-state index in [1.807, 2.05) is 6.08 Å².